The minimum atomic E-state index is -0.240. The predicted octanol–water partition coefficient (Wildman–Crippen LogP) is 9.58. The maximum absolute atomic E-state index is 6.17. The Kier molecular flexibility index (Phi) is 7.18. The molecule has 0 nitrogen and oxygen atoms in total. The second-order valence-corrected chi connectivity index (χ2v) is 9.56. The Morgan fingerprint density at radius 2 is 0.788 bits per heavy atom. The summed E-state index contributed by atoms with van der Waals surface area (Å²) in [6, 6.07) is 37.1. The third-order valence-corrected chi connectivity index (χ3v) is 6.02. The second-order valence-electron chi connectivity index (χ2n) is 8.68. The van der Waals surface area contributed by atoms with Crippen LogP contribution in [-0.4, -0.2) is 0 Å². The molecule has 0 unspecified atom stereocenters. The summed E-state index contributed by atoms with van der Waals surface area (Å²) >= 11 is 12.3. The first kappa shape index (κ1) is 23.1. The fourth-order valence-electron chi connectivity index (χ4n) is 3.95. The third kappa shape index (κ3) is 6.05. The van der Waals surface area contributed by atoms with E-state index in [-0.39, 0.29) is 5.41 Å². The zero-order chi connectivity index (χ0) is 23.3. The van der Waals surface area contributed by atoms with Crippen molar-refractivity contribution in [3.8, 4) is 0 Å². The fourth-order valence-corrected chi connectivity index (χ4v) is 4.20. The molecule has 0 aliphatic heterocycles. The molecule has 0 saturated heterocycles. The highest BCUT2D eigenvalue weighted by Gasteiger charge is 2.18. The molecule has 0 amide bonds. The largest absolute Gasteiger partial charge is 0.0843 e. The molecule has 164 valence electrons. The number of benzene rings is 4. The zero-order valence-electron chi connectivity index (χ0n) is 18.8. The Morgan fingerprint density at radius 1 is 0.485 bits per heavy atom. The summed E-state index contributed by atoms with van der Waals surface area (Å²) in [5.41, 5.74) is 6.74. The van der Waals surface area contributed by atoms with Gasteiger partial charge in [0.1, 0.15) is 0 Å². The van der Waals surface area contributed by atoms with Gasteiger partial charge in [0.25, 0.3) is 0 Å². The van der Waals surface area contributed by atoms with E-state index in [4.69, 9.17) is 23.2 Å². The summed E-state index contributed by atoms with van der Waals surface area (Å²) in [4.78, 5) is 0. The van der Waals surface area contributed by atoms with E-state index in [0.717, 1.165) is 26.7 Å². The van der Waals surface area contributed by atoms with Gasteiger partial charge in [0, 0.05) is 15.5 Å². The van der Waals surface area contributed by atoms with E-state index in [2.05, 4.69) is 111 Å². The van der Waals surface area contributed by atoms with Crippen LogP contribution in [0.15, 0.2) is 121 Å². The molecule has 0 spiro atoms. The molecule has 0 aliphatic rings. The van der Waals surface area contributed by atoms with Crippen LogP contribution in [0.25, 0.3) is 11.1 Å². The van der Waals surface area contributed by atoms with Gasteiger partial charge in [-0.25, -0.2) is 0 Å². The van der Waals surface area contributed by atoms with Gasteiger partial charge in [-0.05, 0) is 57.7 Å². The van der Waals surface area contributed by atoms with Crippen LogP contribution in [0.5, 0.6) is 0 Å². The summed E-state index contributed by atoms with van der Waals surface area (Å²) in [6.07, 6.45) is 4.68. The van der Waals surface area contributed by atoms with Gasteiger partial charge >= 0.3 is 0 Å². The minimum absolute atomic E-state index is 0.240. The average Bonchev–Trinajstić information content (AvgIpc) is 2.83. The Labute approximate surface area is 206 Å². The van der Waals surface area contributed by atoms with Crippen LogP contribution >= 0.6 is 23.2 Å². The normalized spacial score (nSPS) is 11.0. The molecule has 0 heterocycles. The van der Waals surface area contributed by atoms with E-state index in [1.54, 1.807) is 0 Å². The highest BCUT2D eigenvalue weighted by atomic mass is 35.5. The van der Waals surface area contributed by atoms with Gasteiger partial charge in [0.2, 0.25) is 0 Å². The van der Waals surface area contributed by atoms with Crippen LogP contribution in [0.1, 0.15) is 36.1 Å². The third-order valence-electron chi connectivity index (χ3n) is 5.51. The molecule has 0 aliphatic carbocycles. The van der Waals surface area contributed by atoms with Gasteiger partial charge in [-0.2, -0.15) is 0 Å². The Balaban J connectivity index is 1.86. The average molecular weight is 469 g/mol. The maximum atomic E-state index is 6.17. The number of rotatable bonds is 6. The minimum Gasteiger partial charge on any atom is -0.0843 e. The second kappa shape index (κ2) is 10.3. The lowest BCUT2D eigenvalue weighted by Crippen LogP contribution is -2.07. The fraction of sp³-hybridized carbons (Fsp3) is 0.0968. The molecule has 0 atom stereocenters. The number of hydrogen-bond acceptors (Lipinski definition) is 0. The van der Waals surface area contributed by atoms with Gasteiger partial charge < -0.3 is 0 Å². The van der Waals surface area contributed by atoms with E-state index in [9.17, 15) is 0 Å². The SMILES string of the molecule is CC(C)(C=C(c1ccccc1)c1ccccc1)C=C(c1ccc(Cl)cc1)c1ccc(Cl)cc1. The Morgan fingerprint density at radius 3 is 1.12 bits per heavy atom. The highest BCUT2D eigenvalue weighted by molar-refractivity contribution is 6.31. The van der Waals surface area contributed by atoms with Crippen LogP contribution in [-0.2, 0) is 0 Å². The van der Waals surface area contributed by atoms with Crippen molar-refractivity contribution in [2.75, 3.05) is 0 Å². The Bertz CT molecular complexity index is 1160. The lowest BCUT2D eigenvalue weighted by molar-refractivity contribution is 0.629. The predicted molar refractivity (Wildman–Crippen MR) is 144 cm³/mol. The molecule has 4 aromatic rings. The first-order chi connectivity index (χ1) is 15.9. The molecule has 0 radical (unpaired) electrons. The van der Waals surface area contributed by atoms with Gasteiger partial charge in [-0.3, -0.25) is 0 Å². The highest BCUT2D eigenvalue weighted by Crippen LogP contribution is 2.35. The summed E-state index contributed by atoms with van der Waals surface area (Å²) in [5.74, 6) is 0. The molecule has 0 fully saturated rings. The van der Waals surface area contributed by atoms with E-state index in [1.165, 1.54) is 16.7 Å². The van der Waals surface area contributed by atoms with Gasteiger partial charge in [-0.1, -0.05) is 134 Å². The van der Waals surface area contributed by atoms with Crippen molar-refractivity contribution in [1.82, 2.24) is 0 Å². The van der Waals surface area contributed by atoms with Crippen molar-refractivity contribution in [1.29, 1.82) is 0 Å². The molecule has 0 aromatic heterocycles. The molecular formula is C31H26Cl2. The van der Waals surface area contributed by atoms with Crippen molar-refractivity contribution in [2.24, 2.45) is 5.41 Å². The molecule has 0 N–H and O–H groups in total. The van der Waals surface area contributed by atoms with Crippen molar-refractivity contribution < 1.29 is 0 Å². The van der Waals surface area contributed by atoms with Gasteiger partial charge in [0.15, 0.2) is 0 Å². The topological polar surface area (TPSA) is 0 Å². The number of allylic oxidation sites excluding steroid dienone is 2. The summed E-state index contributed by atoms with van der Waals surface area (Å²) in [5, 5.41) is 1.45. The van der Waals surface area contributed by atoms with E-state index in [0.29, 0.717) is 0 Å². The monoisotopic (exact) mass is 468 g/mol. The van der Waals surface area contributed by atoms with E-state index < -0.39 is 0 Å². The van der Waals surface area contributed by atoms with Crippen LogP contribution in [0.2, 0.25) is 10.0 Å². The van der Waals surface area contributed by atoms with Crippen molar-refractivity contribution >= 4 is 34.3 Å². The van der Waals surface area contributed by atoms with Crippen molar-refractivity contribution in [2.45, 2.75) is 13.8 Å². The van der Waals surface area contributed by atoms with Crippen LogP contribution in [0.4, 0.5) is 0 Å². The molecule has 4 aromatic carbocycles. The van der Waals surface area contributed by atoms with Crippen LogP contribution < -0.4 is 0 Å². The maximum Gasteiger partial charge on any atom is 0.0406 e. The lowest BCUT2D eigenvalue weighted by Gasteiger charge is -2.22. The van der Waals surface area contributed by atoms with Crippen molar-refractivity contribution in [3.63, 3.8) is 0 Å². The van der Waals surface area contributed by atoms with Crippen LogP contribution in [0.3, 0.4) is 0 Å². The number of hydrogen-bond donors (Lipinski definition) is 0. The summed E-state index contributed by atoms with van der Waals surface area (Å²) < 4.78 is 0. The van der Waals surface area contributed by atoms with E-state index in [1.807, 2.05) is 24.3 Å². The standard InChI is InChI=1S/C31H26Cl2/c1-31(2,21-29(23-9-5-3-6-10-23)24-11-7-4-8-12-24)22-30(25-13-17-27(32)18-14-25)26-15-19-28(33)20-16-26/h3-22H,1-2H3. The summed E-state index contributed by atoms with van der Waals surface area (Å²) in [6.45, 7) is 4.48. The molecule has 4 rings (SSSR count). The van der Waals surface area contributed by atoms with E-state index >= 15 is 0 Å². The molecule has 0 saturated carbocycles. The van der Waals surface area contributed by atoms with Crippen molar-refractivity contribution in [3.05, 3.63) is 154 Å². The molecular weight excluding hydrogens is 443 g/mol. The van der Waals surface area contributed by atoms with Crippen LogP contribution in [0, 0.1) is 5.41 Å². The lowest BCUT2D eigenvalue weighted by atomic mass is 9.82. The van der Waals surface area contributed by atoms with Gasteiger partial charge in [0.05, 0.1) is 0 Å². The molecule has 2 heteroatoms. The Hall–Kier alpha value is -3.06. The smallest absolute Gasteiger partial charge is 0.0406 e. The quantitative estimate of drug-likeness (QED) is 0.264. The summed E-state index contributed by atoms with van der Waals surface area (Å²) in [7, 11) is 0. The first-order valence-corrected chi connectivity index (χ1v) is 11.8. The van der Waals surface area contributed by atoms with Gasteiger partial charge in [-0.15, -0.1) is 0 Å². The zero-order valence-corrected chi connectivity index (χ0v) is 20.3. The molecule has 0 bridgehead atoms. The molecule has 33 heavy (non-hydrogen) atoms. The first-order valence-electron chi connectivity index (χ1n) is 11.0. The number of halogens is 2.